The predicted molar refractivity (Wildman–Crippen MR) is 90.8 cm³/mol. The van der Waals surface area contributed by atoms with Gasteiger partial charge in [-0.2, -0.15) is 0 Å². The number of nitrogens with one attached hydrogen (secondary N) is 1. The number of benzene rings is 1. The number of carbonyl (C=O) groups is 2. The van der Waals surface area contributed by atoms with Crippen molar-refractivity contribution in [2.45, 2.75) is 25.3 Å². The lowest BCUT2D eigenvalue weighted by molar-refractivity contribution is -0.132. The maximum Gasteiger partial charge on any atom is 0.324 e. The zero-order valence-electron chi connectivity index (χ0n) is 14.3. The predicted octanol–water partition coefficient (Wildman–Crippen LogP) is 1.72. The first-order valence-corrected chi connectivity index (χ1v) is 8.51. The molecular weight excluding hydrogens is 306 g/mol. The molecule has 2 saturated heterocycles. The molecule has 2 heterocycles. The molecule has 0 bridgehead atoms. The molecule has 6 heteroatoms. The second-order valence-corrected chi connectivity index (χ2v) is 6.80. The molecule has 1 aromatic carbocycles. The third-order valence-corrected chi connectivity index (χ3v) is 5.16. The van der Waals surface area contributed by atoms with E-state index in [1.807, 2.05) is 37.3 Å². The molecule has 3 amide bonds. The van der Waals surface area contributed by atoms with Crippen LogP contribution in [0.3, 0.4) is 0 Å². The van der Waals surface area contributed by atoms with E-state index >= 15 is 0 Å². The van der Waals surface area contributed by atoms with Crippen LogP contribution in [-0.2, 0) is 4.79 Å². The molecule has 3 rings (SSSR count). The van der Waals surface area contributed by atoms with Crippen molar-refractivity contribution in [2.75, 3.05) is 33.3 Å². The van der Waals surface area contributed by atoms with Gasteiger partial charge in [0.2, 0.25) is 0 Å². The molecule has 1 aromatic rings. The van der Waals surface area contributed by atoms with Gasteiger partial charge in [0.25, 0.3) is 5.91 Å². The van der Waals surface area contributed by atoms with Gasteiger partial charge in [0.1, 0.15) is 17.9 Å². The summed E-state index contributed by atoms with van der Waals surface area (Å²) in [6, 6.07) is 9.47. The summed E-state index contributed by atoms with van der Waals surface area (Å²) in [5.41, 5.74) is -0.787. The third-order valence-electron chi connectivity index (χ3n) is 5.16. The lowest BCUT2D eigenvalue weighted by atomic mass is 9.80. The summed E-state index contributed by atoms with van der Waals surface area (Å²) >= 11 is 0. The molecule has 0 aromatic heterocycles. The number of para-hydroxylation sites is 1. The van der Waals surface area contributed by atoms with Gasteiger partial charge in [0.15, 0.2) is 0 Å². The third kappa shape index (κ3) is 3.24. The number of nitrogens with zero attached hydrogens (tertiary/aromatic N) is 2. The van der Waals surface area contributed by atoms with Crippen LogP contribution in [0.15, 0.2) is 30.3 Å². The van der Waals surface area contributed by atoms with E-state index in [0.717, 1.165) is 38.2 Å². The fourth-order valence-electron chi connectivity index (χ4n) is 3.62. The maximum absolute atomic E-state index is 12.4. The van der Waals surface area contributed by atoms with Crippen molar-refractivity contribution >= 4 is 11.9 Å². The Kier molecular flexibility index (Phi) is 4.76. The minimum absolute atomic E-state index is 0.125. The second-order valence-electron chi connectivity index (χ2n) is 6.80. The zero-order chi connectivity index (χ0) is 17.2. The van der Waals surface area contributed by atoms with Gasteiger partial charge in [0, 0.05) is 26.1 Å². The van der Waals surface area contributed by atoms with Gasteiger partial charge >= 0.3 is 6.03 Å². The fraction of sp³-hybridized carbons (Fsp3) is 0.556. The van der Waals surface area contributed by atoms with Crippen molar-refractivity contribution < 1.29 is 14.3 Å². The van der Waals surface area contributed by atoms with E-state index in [-0.39, 0.29) is 17.9 Å². The Morgan fingerprint density at radius 3 is 2.71 bits per heavy atom. The van der Waals surface area contributed by atoms with Crippen LogP contribution in [-0.4, -0.2) is 60.6 Å². The minimum Gasteiger partial charge on any atom is -0.492 e. The molecule has 1 N–H and O–H groups in total. The summed E-state index contributed by atoms with van der Waals surface area (Å²) in [7, 11) is 1.54. The Bertz CT molecular complexity index is 607. The highest BCUT2D eigenvalue weighted by Gasteiger charge is 2.51. The summed E-state index contributed by atoms with van der Waals surface area (Å²) in [6.07, 6.45) is 1.98. The number of hydrogen-bond acceptors (Lipinski definition) is 4. The van der Waals surface area contributed by atoms with Crippen LogP contribution in [0.25, 0.3) is 0 Å². The number of piperidine rings is 1. The number of hydrogen-bond donors (Lipinski definition) is 1. The molecule has 6 nitrogen and oxygen atoms in total. The topological polar surface area (TPSA) is 61.9 Å². The summed E-state index contributed by atoms with van der Waals surface area (Å²) in [5, 5.41) is 2.88. The summed E-state index contributed by atoms with van der Waals surface area (Å²) < 4.78 is 5.76. The maximum atomic E-state index is 12.4. The van der Waals surface area contributed by atoms with Crippen molar-refractivity contribution in [3.8, 4) is 5.75 Å². The molecule has 2 fully saturated rings. The first kappa shape index (κ1) is 16.8. The first-order chi connectivity index (χ1) is 11.5. The van der Waals surface area contributed by atoms with E-state index < -0.39 is 5.54 Å². The van der Waals surface area contributed by atoms with E-state index in [2.05, 4.69) is 10.2 Å². The van der Waals surface area contributed by atoms with Gasteiger partial charge in [-0.05, 0) is 38.4 Å². The Hall–Kier alpha value is -2.08. The van der Waals surface area contributed by atoms with E-state index in [4.69, 9.17) is 4.74 Å². The average molecular weight is 331 g/mol. The van der Waals surface area contributed by atoms with Gasteiger partial charge in [-0.3, -0.25) is 14.6 Å². The van der Waals surface area contributed by atoms with Gasteiger partial charge in [-0.25, -0.2) is 4.79 Å². The highest BCUT2D eigenvalue weighted by atomic mass is 16.5. The van der Waals surface area contributed by atoms with Crippen LogP contribution in [0, 0.1) is 5.92 Å². The van der Waals surface area contributed by atoms with E-state index in [0.29, 0.717) is 6.61 Å². The number of carbonyl (C=O) groups excluding carboxylic acids is 2. The molecular formula is C18H25N3O3. The zero-order valence-corrected chi connectivity index (χ0v) is 14.3. The SMILES string of the molecule is CN1C(=O)NC(C)(C2CCCN(CCOc3ccccc3)C2)C1=O. The quantitative estimate of drug-likeness (QED) is 0.835. The molecule has 2 unspecified atom stereocenters. The lowest BCUT2D eigenvalue weighted by Gasteiger charge is -2.39. The van der Waals surface area contributed by atoms with Crippen LogP contribution in [0.4, 0.5) is 4.79 Å². The molecule has 130 valence electrons. The minimum atomic E-state index is -0.787. The second kappa shape index (κ2) is 6.81. The van der Waals surface area contributed by atoms with Crippen LogP contribution in [0.5, 0.6) is 5.75 Å². The monoisotopic (exact) mass is 331 g/mol. The van der Waals surface area contributed by atoms with Crippen LogP contribution in [0.2, 0.25) is 0 Å². The first-order valence-electron chi connectivity index (χ1n) is 8.51. The van der Waals surface area contributed by atoms with Crippen molar-refractivity contribution in [1.82, 2.24) is 15.1 Å². The molecule has 24 heavy (non-hydrogen) atoms. The average Bonchev–Trinajstić information content (AvgIpc) is 2.80. The molecule has 2 aliphatic heterocycles. The van der Waals surface area contributed by atoms with E-state index in [1.54, 1.807) is 0 Å². The van der Waals surface area contributed by atoms with Gasteiger partial charge in [-0.1, -0.05) is 18.2 Å². The highest BCUT2D eigenvalue weighted by molar-refractivity contribution is 6.06. The number of ether oxygens (including phenoxy) is 1. The normalized spacial score (nSPS) is 28.1. The Morgan fingerprint density at radius 2 is 2.04 bits per heavy atom. The summed E-state index contributed by atoms with van der Waals surface area (Å²) in [4.78, 5) is 27.8. The highest BCUT2D eigenvalue weighted by Crippen LogP contribution is 2.31. The molecule has 0 saturated carbocycles. The number of amides is 3. The van der Waals surface area contributed by atoms with Gasteiger partial charge in [-0.15, -0.1) is 0 Å². The fourth-order valence-corrected chi connectivity index (χ4v) is 3.62. The van der Waals surface area contributed by atoms with E-state index in [9.17, 15) is 9.59 Å². The lowest BCUT2D eigenvalue weighted by Crippen LogP contribution is -2.56. The molecule has 0 spiro atoms. The number of urea groups is 1. The van der Waals surface area contributed by atoms with Crippen molar-refractivity contribution in [3.05, 3.63) is 30.3 Å². The van der Waals surface area contributed by atoms with Crippen molar-refractivity contribution in [2.24, 2.45) is 5.92 Å². The van der Waals surface area contributed by atoms with Crippen LogP contribution in [0.1, 0.15) is 19.8 Å². The van der Waals surface area contributed by atoms with Crippen molar-refractivity contribution in [3.63, 3.8) is 0 Å². The summed E-state index contributed by atoms with van der Waals surface area (Å²) in [6.45, 7) is 5.09. The Labute approximate surface area is 142 Å². The largest absolute Gasteiger partial charge is 0.492 e. The Morgan fingerprint density at radius 1 is 1.29 bits per heavy atom. The number of likely N-dealkylation sites (N-methyl/N-ethyl adjacent to an activating group) is 1. The van der Waals surface area contributed by atoms with Crippen molar-refractivity contribution in [1.29, 1.82) is 0 Å². The standard InChI is InChI=1S/C18H25N3O3/c1-18(16(22)20(2)17(23)19-18)14-7-6-10-21(13-14)11-12-24-15-8-4-3-5-9-15/h3-5,8-9,14H,6-7,10-13H2,1-2H3,(H,19,23). The van der Waals surface area contributed by atoms with Gasteiger partial charge < -0.3 is 10.1 Å². The number of imide groups is 1. The molecule has 2 atom stereocenters. The smallest absolute Gasteiger partial charge is 0.324 e. The molecule has 2 aliphatic rings. The van der Waals surface area contributed by atoms with Crippen LogP contribution < -0.4 is 10.1 Å². The van der Waals surface area contributed by atoms with Crippen LogP contribution >= 0.6 is 0 Å². The summed E-state index contributed by atoms with van der Waals surface area (Å²) in [5.74, 6) is 0.877. The number of rotatable bonds is 5. The van der Waals surface area contributed by atoms with Gasteiger partial charge in [0.05, 0.1) is 0 Å². The number of likely N-dealkylation sites (tertiary alicyclic amines) is 1. The van der Waals surface area contributed by atoms with E-state index in [1.165, 1.54) is 11.9 Å². The Balaban J connectivity index is 1.55. The molecule has 0 aliphatic carbocycles. The molecule has 0 radical (unpaired) electrons.